The highest BCUT2D eigenvalue weighted by molar-refractivity contribution is 4.56. The van der Waals surface area contributed by atoms with Crippen LogP contribution in [0.3, 0.4) is 0 Å². The van der Waals surface area contributed by atoms with E-state index in [9.17, 15) is 0 Å². The van der Waals surface area contributed by atoms with Gasteiger partial charge in [-0.25, -0.2) is 10.0 Å². The predicted octanol–water partition coefficient (Wildman–Crippen LogP) is 2.61. The Morgan fingerprint density at radius 3 is 1.08 bits per heavy atom. The molecule has 2 heteroatoms. The Bertz CT molecular complexity index is 64.2. The molecular weight excluding hydrogens is 148 g/mol. The molecule has 76 valence electrons. The van der Waals surface area contributed by atoms with E-state index in [0.717, 1.165) is 0 Å². The minimum absolute atomic E-state index is 1.23. The van der Waals surface area contributed by atoms with Gasteiger partial charge in [0.1, 0.15) is 0 Å². The second-order valence-electron chi connectivity index (χ2n) is 2.47. The van der Waals surface area contributed by atoms with Gasteiger partial charge in [-0.3, -0.25) is 0 Å². The summed E-state index contributed by atoms with van der Waals surface area (Å²) < 4.78 is 0. The molecule has 0 bridgehead atoms. The van der Waals surface area contributed by atoms with Crippen molar-refractivity contribution in [2.24, 2.45) is 0 Å². The van der Waals surface area contributed by atoms with Gasteiger partial charge in [0, 0.05) is 27.2 Å². The van der Waals surface area contributed by atoms with Crippen LogP contribution in [0.4, 0.5) is 0 Å². The molecule has 0 atom stereocenters. The van der Waals surface area contributed by atoms with Crippen LogP contribution in [-0.4, -0.2) is 37.2 Å². The maximum atomic E-state index is 2.27. The van der Waals surface area contributed by atoms with Crippen LogP contribution in [0, 0.1) is 0 Å². The zero-order chi connectivity index (χ0) is 9.98. The summed E-state index contributed by atoms with van der Waals surface area (Å²) in [6, 6.07) is 0. The van der Waals surface area contributed by atoms with Crippen molar-refractivity contribution in [2.75, 3.05) is 27.2 Å². The molecule has 1 saturated heterocycles. The molecule has 0 radical (unpaired) electrons. The van der Waals surface area contributed by atoms with Crippen LogP contribution >= 0.6 is 0 Å². The molecule has 0 N–H and O–H groups in total. The number of hydrogen-bond acceptors (Lipinski definition) is 2. The molecular formula is C10H26N2. The van der Waals surface area contributed by atoms with Gasteiger partial charge in [-0.2, -0.15) is 0 Å². The lowest BCUT2D eigenvalue weighted by Gasteiger charge is -2.32. The topological polar surface area (TPSA) is 6.48 Å². The lowest BCUT2D eigenvalue weighted by Crippen LogP contribution is -2.41. The molecule has 0 unspecified atom stereocenters. The maximum Gasteiger partial charge on any atom is 0.0130 e. The first-order chi connectivity index (χ1) is 5.80. The summed E-state index contributed by atoms with van der Waals surface area (Å²) in [6.45, 7) is 10.5. The molecule has 1 rings (SSSR count). The van der Waals surface area contributed by atoms with E-state index in [1.54, 1.807) is 0 Å². The van der Waals surface area contributed by atoms with Crippen molar-refractivity contribution >= 4 is 0 Å². The van der Waals surface area contributed by atoms with Crippen molar-refractivity contribution in [1.82, 2.24) is 10.0 Å². The first-order valence-corrected chi connectivity index (χ1v) is 5.23. The van der Waals surface area contributed by atoms with Crippen LogP contribution in [0.5, 0.6) is 0 Å². The fourth-order valence-electron chi connectivity index (χ4n) is 1.02. The Labute approximate surface area is 78.5 Å². The third kappa shape index (κ3) is 6.62. The third-order valence-corrected chi connectivity index (χ3v) is 1.80. The van der Waals surface area contributed by atoms with E-state index in [1.165, 1.54) is 25.9 Å². The Kier molecular flexibility index (Phi) is 13.1. The standard InChI is InChI=1S/C6H14N2.2C2H6/c1-7-5-3-4-6-8(7)2;2*1-2/h3-6H2,1-2H3;2*1-2H3. The fourth-order valence-corrected chi connectivity index (χ4v) is 1.02. The molecule has 0 aromatic heterocycles. The van der Waals surface area contributed by atoms with Gasteiger partial charge in [-0.15, -0.1) is 0 Å². The van der Waals surface area contributed by atoms with Gasteiger partial charge in [-0.05, 0) is 12.8 Å². The Morgan fingerprint density at radius 1 is 0.667 bits per heavy atom. The molecule has 1 aliphatic heterocycles. The Hall–Kier alpha value is -0.0800. The van der Waals surface area contributed by atoms with Crippen LogP contribution in [0.15, 0.2) is 0 Å². The van der Waals surface area contributed by atoms with Crippen LogP contribution in [0.1, 0.15) is 40.5 Å². The first-order valence-electron chi connectivity index (χ1n) is 5.23. The highest BCUT2D eigenvalue weighted by Crippen LogP contribution is 2.04. The molecule has 1 fully saturated rings. The first kappa shape index (κ1) is 14.4. The molecule has 0 spiro atoms. The molecule has 2 nitrogen and oxygen atoms in total. The van der Waals surface area contributed by atoms with Gasteiger partial charge < -0.3 is 0 Å². The van der Waals surface area contributed by atoms with Crippen molar-refractivity contribution in [3.05, 3.63) is 0 Å². The number of hydrazine groups is 1. The number of rotatable bonds is 0. The average Bonchev–Trinajstić information content (AvgIpc) is 2.17. The summed E-state index contributed by atoms with van der Waals surface area (Å²) in [5.74, 6) is 0. The second-order valence-corrected chi connectivity index (χ2v) is 2.47. The second kappa shape index (κ2) is 10.9. The van der Waals surface area contributed by atoms with Gasteiger partial charge in [0.2, 0.25) is 0 Å². The lowest BCUT2D eigenvalue weighted by molar-refractivity contribution is -0.00111. The molecule has 0 aromatic carbocycles. The minimum atomic E-state index is 1.23. The molecule has 1 heterocycles. The van der Waals surface area contributed by atoms with E-state index in [1.807, 2.05) is 27.7 Å². The minimum Gasteiger partial charge on any atom is -0.245 e. The SMILES string of the molecule is CC.CC.CN1CCCCN1C. The Balaban J connectivity index is 0. The van der Waals surface area contributed by atoms with Crippen molar-refractivity contribution in [3.8, 4) is 0 Å². The van der Waals surface area contributed by atoms with Gasteiger partial charge in [0.25, 0.3) is 0 Å². The zero-order valence-electron chi connectivity index (χ0n) is 9.72. The number of nitrogens with zero attached hydrogens (tertiary/aromatic N) is 2. The smallest absolute Gasteiger partial charge is 0.0130 e. The monoisotopic (exact) mass is 174 g/mol. The lowest BCUT2D eigenvalue weighted by atomic mass is 10.2. The Morgan fingerprint density at radius 2 is 0.917 bits per heavy atom. The van der Waals surface area contributed by atoms with E-state index in [0.29, 0.717) is 0 Å². The van der Waals surface area contributed by atoms with E-state index in [4.69, 9.17) is 0 Å². The van der Waals surface area contributed by atoms with Crippen LogP contribution in [-0.2, 0) is 0 Å². The van der Waals surface area contributed by atoms with Crippen molar-refractivity contribution in [3.63, 3.8) is 0 Å². The van der Waals surface area contributed by atoms with Gasteiger partial charge >= 0.3 is 0 Å². The summed E-state index contributed by atoms with van der Waals surface area (Å²) in [6.07, 6.45) is 2.72. The zero-order valence-corrected chi connectivity index (χ0v) is 9.72. The fraction of sp³-hybridized carbons (Fsp3) is 1.00. The maximum absolute atomic E-state index is 2.27. The summed E-state index contributed by atoms with van der Waals surface area (Å²) in [5.41, 5.74) is 0. The highest BCUT2D eigenvalue weighted by Gasteiger charge is 2.09. The summed E-state index contributed by atoms with van der Waals surface area (Å²) in [5, 5.41) is 4.53. The summed E-state index contributed by atoms with van der Waals surface area (Å²) in [7, 11) is 4.28. The highest BCUT2D eigenvalue weighted by atomic mass is 15.6. The van der Waals surface area contributed by atoms with Crippen LogP contribution in [0.2, 0.25) is 0 Å². The number of hydrogen-bond donors (Lipinski definition) is 0. The molecule has 0 amide bonds. The van der Waals surface area contributed by atoms with E-state index < -0.39 is 0 Å². The van der Waals surface area contributed by atoms with Gasteiger partial charge in [0.15, 0.2) is 0 Å². The normalized spacial score (nSPS) is 18.5. The largest absolute Gasteiger partial charge is 0.245 e. The van der Waals surface area contributed by atoms with Gasteiger partial charge in [0.05, 0.1) is 0 Å². The van der Waals surface area contributed by atoms with E-state index in [2.05, 4.69) is 24.1 Å². The van der Waals surface area contributed by atoms with Crippen LogP contribution in [0.25, 0.3) is 0 Å². The molecule has 0 aliphatic carbocycles. The summed E-state index contributed by atoms with van der Waals surface area (Å²) in [4.78, 5) is 0. The van der Waals surface area contributed by atoms with E-state index in [-0.39, 0.29) is 0 Å². The van der Waals surface area contributed by atoms with Crippen LogP contribution < -0.4 is 0 Å². The molecule has 0 saturated carbocycles. The quantitative estimate of drug-likeness (QED) is 0.557. The van der Waals surface area contributed by atoms with Crippen molar-refractivity contribution in [2.45, 2.75) is 40.5 Å². The summed E-state index contributed by atoms with van der Waals surface area (Å²) >= 11 is 0. The predicted molar refractivity (Wildman–Crippen MR) is 57.2 cm³/mol. The average molecular weight is 174 g/mol. The van der Waals surface area contributed by atoms with Crippen molar-refractivity contribution < 1.29 is 0 Å². The van der Waals surface area contributed by atoms with Crippen molar-refractivity contribution in [1.29, 1.82) is 0 Å². The van der Waals surface area contributed by atoms with Gasteiger partial charge in [-0.1, -0.05) is 27.7 Å². The third-order valence-electron chi connectivity index (χ3n) is 1.80. The molecule has 12 heavy (non-hydrogen) atoms. The van der Waals surface area contributed by atoms with E-state index >= 15 is 0 Å². The molecule has 0 aromatic rings. The molecule has 1 aliphatic rings.